The lowest BCUT2D eigenvalue weighted by molar-refractivity contribution is 0.391. The number of nitrogens with zero attached hydrogens (tertiary/aromatic N) is 3. The standard InChI is InChI=1S/C10H6ClN3O/c11-5-9-13-10(14-15-9)8-3-1-2-7(4-8)6-12/h1-4H,5H2. The van der Waals surface area contributed by atoms with Gasteiger partial charge in [-0.25, -0.2) is 0 Å². The van der Waals surface area contributed by atoms with Crippen LogP contribution in [-0.2, 0) is 5.88 Å². The zero-order valence-corrected chi connectivity index (χ0v) is 8.40. The summed E-state index contributed by atoms with van der Waals surface area (Å²) in [4.78, 5) is 4.06. The van der Waals surface area contributed by atoms with Crippen LogP contribution in [0.15, 0.2) is 28.8 Å². The quantitative estimate of drug-likeness (QED) is 0.728. The number of hydrogen-bond donors (Lipinski definition) is 0. The number of hydrogen-bond acceptors (Lipinski definition) is 4. The van der Waals surface area contributed by atoms with Crippen molar-refractivity contribution in [1.29, 1.82) is 5.26 Å². The van der Waals surface area contributed by atoms with Crippen LogP contribution >= 0.6 is 11.6 Å². The molecule has 1 heterocycles. The van der Waals surface area contributed by atoms with Crippen LogP contribution in [0.3, 0.4) is 0 Å². The SMILES string of the molecule is N#Cc1cccc(-c2noc(CCl)n2)c1. The molecule has 0 aliphatic heterocycles. The third-order valence-electron chi connectivity index (χ3n) is 1.83. The van der Waals surface area contributed by atoms with Crippen molar-refractivity contribution in [2.45, 2.75) is 5.88 Å². The predicted molar refractivity (Wildman–Crippen MR) is 54.0 cm³/mol. The van der Waals surface area contributed by atoms with Gasteiger partial charge in [0, 0.05) is 5.56 Å². The van der Waals surface area contributed by atoms with Crippen LogP contribution in [0.4, 0.5) is 0 Å². The fourth-order valence-corrected chi connectivity index (χ4v) is 1.26. The summed E-state index contributed by atoms with van der Waals surface area (Å²) in [5.74, 6) is 1.00. The van der Waals surface area contributed by atoms with E-state index in [-0.39, 0.29) is 5.88 Å². The Morgan fingerprint density at radius 2 is 2.33 bits per heavy atom. The highest BCUT2D eigenvalue weighted by Gasteiger charge is 2.07. The first-order valence-electron chi connectivity index (χ1n) is 4.22. The molecule has 0 atom stereocenters. The van der Waals surface area contributed by atoms with E-state index in [0.717, 1.165) is 5.56 Å². The highest BCUT2D eigenvalue weighted by molar-refractivity contribution is 6.16. The van der Waals surface area contributed by atoms with E-state index in [0.29, 0.717) is 17.3 Å². The number of benzene rings is 1. The molecule has 0 bridgehead atoms. The molecule has 0 amide bonds. The van der Waals surface area contributed by atoms with Crippen LogP contribution in [0.2, 0.25) is 0 Å². The van der Waals surface area contributed by atoms with Crippen molar-refractivity contribution in [1.82, 2.24) is 10.1 Å². The van der Waals surface area contributed by atoms with Gasteiger partial charge in [-0.1, -0.05) is 17.3 Å². The summed E-state index contributed by atoms with van der Waals surface area (Å²) in [6.07, 6.45) is 0. The predicted octanol–water partition coefficient (Wildman–Crippen LogP) is 2.35. The van der Waals surface area contributed by atoms with Crippen molar-refractivity contribution >= 4 is 11.6 Å². The fraction of sp³-hybridized carbons (Fsp3) is 0.100. The average Bonchev–Trinajstić information content (AvgIpc) is 2.78. The molecule has 15 heavy (non-hydrogen) atoms. The molecule has 1 aromatic heterocycles. The smallest absolute Gasteiger partial charge is 0.241 e. The molecule has 0 saturated heterocycles. The van der Waals surface area contributed by atoms with Gasteiger partial charge in [0.1, 0.15) is 5.88 Å². The van der Waals surface area contributed by atoms with Crippen molar-refractivity contribution in [2.75, 3.05) is 0 Å². The zero-order valence-electron chi connectivity index (χ0n) is 7.64. The van der Waals surface area contributed by atoms with E-state index in [1.807, 2.05) is 12.1 Å². The molecule has 0 N–H and O–H groups in total. The van der Waals surface area contributed by atoms with Gasteiger partial charge >= 0.3 is 0 Å². The van der Waals surface area contributed by atoms with Gasteiger partial charge in [-0.2, -0.15) is 10.2 Å². The van der Waals surface area contributed by atoms with Crippen LogP contribution in [0, 0.1) is 11.3 Å². The Morgan fingerprint density at radius 1 is 1.47 bits per heavy atom. The number of nitriles is 1. The maximum atomic E-state index is 8.72. The first-order chi connectivity index (χ1) is 7.33. The number of aromatic nitrogens is 2. The van der Waals surface area contributed by atoms with Crippen LogP contribution in [0.1, 0.15) is 11.5 Å². The zero-order chi connectivity index (χ0) is 10.7. The molecule has 4 nitrogen and oxygen atoms in total. The second-order valence-corrected chi connectivity index (χ2v) is 3.11. The summed E-state index contributed by atoms with van der Waals surface area (Å²) in [6.45, 7) is 0. The van der Waals surface area contributed by atoms with Gasteiger partial charge in [-0.05, 0) is 12.1 Å². The van der Waals surface area contributed by atoms with Gasteiger partial charge in [0.2, 0.25) is 11.7 Å². The molecule has 2 aromatic rings. The molecule has 0 fully saturated rings. The average molecular weight is 220 g/mol. The number of alkyl halides is 1. The minimum absolute atomic E-state index is 0.185. The molecule has 2 rings (SSSR count). The van der Waals surface area contributed by atoms with Crippen molar-refractivity contribution in [2.24, 2.45) is 0 Å². The molecular weight excluding hydrogens is 214 g/mol. The van der Waals surface area contributed by atoms with Crippen LogP contribution in [-0.4, -0.2) is 10.1 Å². The second-order valence-electron chi connectivity index (χ2n) is 2.84. The van der Waals surface area contributed by atoms with Crippen LogP contribution in [0.5, 0.6) is 0 Å². The highest BCUT2D eigenvalue weighted by atomic mass is 35.5. The molecule has 5 heteroatoms. The summed E-state index contributed by atoms with van der Waals surface area (Å²) >= 11 is 5.54. The second kappa shape index (κ2) is 4.11. The lowest BCUT2D eigenvalue weighted by atomic mass is 10.1. The molecule has 1 aromatic carbocycles. The van der Waals surface area contributed by atoms with Crippen molar-refractivity contribution in [3.8, 4) is 17.5 Å². The minimum atomic E-state index is 0.185. The van der Waals surface area contributed by atoms with Crippen LogP contribution in [0.25, 0.3) is 11.4 Å². The third-order valence-corrected chi connectivity index (χ3v) is 2.06. The van der Waals surface area contributed by atoms with E-state index in [2.05, 4.69) is 10.1 Å². The lowest BCUT2D eigenvalue weighted by Gasteiger charge is -1.93. The monoisotopic (exact) mass is 219 g/mol. The summed E-state index contributed by atoms with van der Waals surface area (Å²) < 4.78 is 4.87. The van der Waals surface area contributed by atoms with E-state index in [1.54, 1.807) is 18.2 Å². The largest absolute Gasteiger partial charge is 0.338 e. The summed E-state index contributed by atoms with van der Waals surface area (Å²) in [7, 11) is 0. The summed E-state index contributed by atoms with van der Waals surface area (Å²) in [6, 6.07) is 9.03. The van der Waals surface area contributed by atoms with E-state index >= 15 is 0 Å². The van der Waals surface area contributed by atoms with Crippen molar-refractivity contribution in [3.05, 3.63) is 35.7 Å². The van der Waals surface area contributed by atoms with Gasteiger partial charge in [-0.3, -0.25) is 0 Å². The summed E-state index contributed by atoms with van der Waals surface area (Å²) in [5.41, 5.74) is 1.30. The lowest BCUT2D eigenvalue weighted by Crippen LogP contribution is -1.82. The molecular formula is C10H6ClN3O. The van der Waals surface area contributed by atoms with Gasteiger partial charge in [-0.15, -0.1) is 11.6 Å². The molecule has 74 valence electrons. The van der Waals surface area contributed by atoms with E-state index < -0.39 is 0 Å². The Balaban J connectivity index is 2.41. The molecule has 0 radical (unpaired) electrons. The van der Waals surface area contributed by atoms with Gasteiger partial charge in [0.15, 0.2) is 0 Å². The topological polar surface area (TPSA) is 62.7 Å². The normalized spacial score (nSPS) is 9.87. The molecule has 0 spiro atoms. The fourth-order valence-electron chi connectivity index (χ4n) is 1.15. The molecule has 0 unspecified atom stereocenters. The Labute approximate surface area is 91.1 Å². The maximum absolute atomic E-state index is 8.72. The Bertz CT molecular complexity index is 515. The van der Waals surface area contributed by atoms with Crippen LogP contribution < -0.4 is 0 Å². The van der Waals surface area contributed by atoms with Gasteiger partial charge < -0.3 is 4.52 Å². The van der Waals surface area contributed by atoms with E-state index in [1.165, 1.54) is 0 Å². The first-order valence-corrected chi connectivity index (χ1v) is 4.76. The highest BCUT2D eigenvalue weighted by Crippen LogP contribution is 2.17. The van der Waals surface area contributed by atoms with Crippen molar-refractivity contribution in [3.63, 3.8) is 0 Å². The summed E-state index contributed by atoms with van der Waals surface area (Å²) in [5, 5.41) is 12.5. The van der Waals surface area contributed by atoms with E-state index in [9.17, 15) is 0 Å². The van der Waals surface area contributed by atoms with E-state index in [4.69, 9.17) is 21.4 Å². The van der Waals surface area contributed by atoms with Gasteiger partial charge in [0.25, 0.3) is 0 Å². The molecule has 0 saturated carbocycles. The Morgan fingerprint density at radius 3 is 3.00 bits per heavy atom. The Kier molecular flexibility index (Phi) is 2.66. The minimum Gasteiger partial charge on any atom is -0.338 e. The number of rotatable bonds is 2. The first kappa shape index (κ1) is 9.69. The molecule has 0 aliphatic rings. The van der Waals surface area contributed by atoms with Crippen molar-refractivity contribution < 1.29 is 4.52 Å². The third kappa shape index (κ3) is 1.97. The number of halogens is 1. The van der Waals surface area contributed by atoms with Gasteiger partial charge in [0.05, 0.1) is 11.6 Å². The Hall–Kier alpha value is -1.86. The maximum Gasteiger partial charge on any atom is 0.241 e. The molecule has 0 aliphatic carbocycles.